The molecular formula is C20H23N3O4S3. The Morgan fingerprint density at radius 2 is 1.77 bits per heavy atom. The number of sulfonamides is 1. The number of thiol groups is 1. The summed E-state index contributed by atoms with van der Waals surface area (Å²) < 4.78 is 52.4. The topological polar surface area (TPSA) is 89.3 Å². The molecule has 0 spiro atoms. The van der Waals surface area contributed by atoms with Gasteiger partial charge in [0.05, 0.1) is 16.4 Å². The summed E-state index contributed by atoms with van der Waals surface area (Å²) in [5, 5.41) is 0.946. The first kappa shape index (κ1) is 21.4. The Kier molecular flexibility index (Phi) is 5.46. The SMILES string of the molecule is Cc1cc2c(-c3ccc(S(=O)(=O)N(C)C4CCS(=O)(=O)CC4)cc3)ccnc2n1S. The third-order valence-electron chi connectivity index (χ3n) is 5.74. The quantitative estimate of drug-likeness (QED) is 0.599. The van der Waals surface area contributed by atoms with Crippen molar-refractivity contribution in [2.24, 2.45) is 0 Å². The van der Waals surface area contributed by atoms with Crippen LogP contribution in [0.5, 0.6) is 0 Å². The maximum Gasteiger partial charge on any atom is 0.243 e. The first-order valence-electron chi connectivity index (χ1n) is 9.55. The fourth-order valence-corrected chi connectivity index (χ4v) is 6.97. The van der Waals surface area contributed by atoms with Crippen LogP contribution in [0.25, 0.3) is 22.2 Å². The van der Waals surface area contributed by atoms with Crippen molar-refractivity contribution < 1.29 is 16.8 Å². The molecule has 30 heavy (non-hydrogen) atoms. The van der Waals surface area contributed by atoms with Crippen molar-refractivity contribution in [2.45, 2.75) is 30.7 Å². The summed E-state index contributed by atoms with van der Waals surface area (Å²) >= 11 is 4.44. The van der Waals surface area contributed by atoms with Crippen LogP contribution < -0.4 is 0 Å². The van der Waals surface area contributed by atoms with E-state index in [-0.39, 0.29) is 22.4 Å². The molecule has 2 aromatic heterocycles. The number of sulfone groups is 1. The summed E-state index contributed by atoms with van der Waals surface area (Å²) in [5.74, 6) is 0.0530. The Hall–Kier alpha value is -1.88. The first-order chi connectivity index (χ1) is 14.1. The predicted octanol–water partition coefficient (Wildman–Crippen LogP) is 2.90. The van der Waals surface area contributed by atoms with Crippen molar-refractivity contribution in [3.05, 3.63) is 48.3 Å². The zero-order chi connectivity index (χ0) is 21.7. The fourth-order valence-electron chi connectivity index (χ4n) is 3.87. The van der Waals surface area contributed by atoms with E-state index in [0.717, 1.165) is 27.9 Å². The lowest BCUT2D eigenvalue weighted by Crippen LogP contribution is -2.42. The molecule has 1 aliphatic rings. The molecule has 0 N–H and O–H groups in total. The minimum absolute atomic E-state index is 0.0265. The van der Waals surface area contributed by atoms with E-state index in [2.05, 4.69) is 17.8 Å². The number of rotatable bonds is 4. The number of fused-ring (bicyclic) bond motifs is 1. The number of nitrogens with zero attached hydrogens (tertiary/aromatic N) is 3. The second kappa shape index (κ2) is 7.67. The van der Waals surface area contributed by atoms with Gasteiger partial charge in [0.2, 0.25) is 10.0 Å². The molecule has 0 aliphatic carbocycles. The average molecular weight is 466 g/mol. The molecule has 1 aliphatic heterocycles. The maximum atomic E-state index is 13.1. The molecule has 3 aromatic rings. The minimum Gasteiger partial charge on any atom is -0.275 e. The van der Waals surface area contributed by atoms with Gasteiger partial charge in [-0.05, 0) is 55.2 Å². The third-order valence-corrected chi connectivity index (χ3v) is 9.88. The monoisotopic (exact) mass is 465 g/mol. The van der Waals surface area contributed by atoms with E-state index in [1.54, 1.807) is 34.4 Å². The van der Waals surface area contributed by atoms with Crippen LogP contribution in [0, 0.1) is 6.92 Å². The zero-order valence-corrected chi connectivity index (χ0v) is 19.2. The van der Waals surface area contributed by atoms with Crippen LogP contribution in [0.4, 0.5) is 0 Å². The van der Waals surface area contributed by atoms with Gasteiger partial charge in [0, 0.05) is 30.4 Å². The number of aromatic nitrogens is 2. The van der Waals surface area contributed by atoms with Crippen LogP contribution in [0.1, 0.15) is 18.5 Å². The molecule has 160 valence electrons. The molecule has 3 heterocycles. The van der Waals surface area contributed by atoms with Gasteiger partial charge in [-0.25, -0.2) is 21.8 Å². The molecule has 0 amide bonds. The lowest BCUT2D eigenvalue weighted by Gasteiger charge is -2.30. The standard InChI is InChI=1S/C20H23N3O4S3/c1-14-13-19-18(7-10-21-20(19)23(14)28)15-3-5-17(6-4-15)30(26,27)22(2)16-8-11-29(24,25)12-9-16/h3-7,10,13,16,28H,8-9,11-12H2,1-2H3. The molecule has 0 bridgehead atoms. The summed E-state index contributed by atoms with van der Waals surface area (Å²) in [5.41, 5.74) is 3.54. The normalized spacial score (nSPS) is 17.6. The number of benzene rings is 1. The Morgan fingerprint density at radius 1 is 1.13 bits per heavy atom. The van der Waals surface area contributed by atoms with E-state index in [4.69, 9.17) is 0 Å². The lowest BCUT2D eigenvalue weighted by molar-refractivity contribution is 0.342. The Bertz CT molecular complexity index is 1300. The number of hydrogen-bond acceptors (Lipinski definition) is 6. The largest absolute Gasteiger partial charge is 0.275 e. The number of aryl methyl sites for hydroxylation is 1. The van der Waals surface area contributed by atoms with Crippen molar-refractivity contribution in [3.8, 4) is 11.1 Å². The molecule has 0 saturated carbocycles. The highest BCUT2D eigenvalue weighted by Gasteiger charge is 2.33. The van der Waals surface area contributed by atoms with Crippen LogP contribution in [-0.2, 0) is 19.9 Å². The predicted molar refractivity (Wildman–Crippen MR) is 121 cm³/mol. The van der Waals surface area contributed by atoms with Gasteiger partial charge in [-0.1, -0.05) is 24.9 Å². The van der Waals surface area contributed by atoms with Gasteiger partial charge in [0.25, 0.3) is 0 Å². The van der Waals surface area contributed by atoms with Crippen LogP contribution in [0.2, 0.25) is 0 Å². The first-order valence-corrected chi connectivity index (χ1v) is 13.2. The highest BCUT2D eigenvalue weighted by atomic mass is 32.2. The highest BCUT2D eigenvalue weighted by molar-refractivity contribution is 7.91. The minimum atomic E-state index is -3.71. The molecule has 1 fully saturated rings. The lowest BCUT2D eigenvalue weighted by atomic mass is 10.0. The number of hydrogen-bond donors (Lipinski definition) is 1. The van der Waals surface area contributed by atoms with Crippen LogP contribution in [-0.4, -0.2) is 54.7 Å². The van der Waals surface area contributed by atoms with E-state index in [9.17, 15) is 16.8 Å². The zero-order valence-electron chi connectivity index (χ0n) is 16.7. The summed E-state index contributed by atoms with van der Waals surface area (Å²) in [6.45, 7) is 1.94. The van der Waals surface area contributed by atoms with Gasteiger partial charge < -0.3 is 0 Å². The Morgan fingerprint density at radius 3 is 2.40 bits per heavy atom. The van der Waals surface area contributed by atoms with Gasteiger partial charge in [-0.3, -0.25) is 3.97 Å². The van der Waals surface area contributed by atoms with E-state index in [0.29, 0.717) is 12.8 Å². The third kappa shape index (κ3) is 3.77. The molecule has 7 nitrogen and oxygen atoms in total. The molecule has 1 aromatic carbocycles. The summed E-state index contributed by atoms with van der Waals surface area (Å²) in [7, 11) is -5.23. The summed E-state index contributed by atoms with van der Waals surface area (Å²) in [6.07, 6.45) is 2.36. The summed E-state index contributed by atoms with van der Waals surface area (Å²) in [4.78, 5) is 4.56. The van der Waals surface area contributed by atoms with Crippen molar-refractivity contribution >= 4 is 43.7 Å². The van der Waals surface area contributed by atoms with E-state index in [1.807, 2.05) is 19.1 Å². The van der Waals surface area contributed by atoms with Gasteiger partial charge in [-0.2, -0.15) is 4.31 Å². The van der Waals surface area contributed by atoms with Gasteiger partial charge in [0.1, 0.15) is 9.84 Å². The average Bonchev–Trinajstić information content (AvgIpc) is 3.01. The van der Waals surface area contributed by atoms with Crippen molar-refractivity contribution in [3.63, 3.8) is 0 Å². The van der Waals surface area contributed by atoms with E-state index < -0.39 is 19.9 Å². The van der Waals surface area contributed by atoms with Gasteiger partial charge >= 0.3 is 0 Å². The van der Waals surface area contributed by atoms with E-state index in [1.165, 1.54) is 11.4 Å². The maximum absolute atomic E-state index is 13.1. The smallest absolute Gasteiger partial charge is 0.243 e. The molecule has 1 saturated heterocycles. The summed E-state index contributed by atoms with van der Waals surface area (Å²) in [6, 6.07) is 10.3. The van der Waals surface area contributed by atoms with E-state index >= 15 is 0 Å². The second-order valence-corrected chi connectivity index (χ2v) is 12.3. The van der Waals surface area contributed by atoms with Crippen LogP contribution in [0.3, 0.4) is 0 Å². The van der Waals surface area contributed by atoms with Gasteiger partial charge in [-0.15, -0.1) is 0 Å². The highest BCUT2D eigenvalue weighted by Crippen LogP contribution is 2.31. The molecular weight excluding hydrogens is 442 g/mol. The fraction of sp³-hybridized carbons (Fsp3) is 0.350. The second-order valence-electron chi connectivity index (χ2n) is 7.62. The molecule has 0 radical (unpaired) electrons. The van der Waals surface area contributed by atoms with Crippen LogP contribution in [0.15, 0.2) is 47.5 Å². The number of pyridine rings is 1. The van der Waals surface area contributed by atoms with Crippen LogP contribution >= 0.6 is 12.8 Å². The Labute approximate surface area is 182 Å². The molecule has 0 atom stereocenters. The van der Waals surface area contributed by atoms with Crippen molar-refractivity contribution in [1.29, 1.82) is 0 Å². The Balaban J connectivity index is 1.63. The van der Waals surface area contributed by atoms with Crippen molar-refractivity contribution in [1.82, 2.24) is 13.3 Å². The van der Waals surface area contributed by atoms with Crippen molar-refractivity contribution in [2.75, 3.05) is 18.6 Å². The molecule has 10 heteroatoms. The molecule has 4 rings (SSSR count). The molecule has 0 unspecified atom stereocenters. The van der Waals surface area contributed by atoms with Gasteiger partial charge in [0.15, 0.2) is 5.65 Å².